The van der Waals surface area contributed by atoms with Gasteiger partial charge in [-0.25, -0.2) is 4.39 Å². The highest BCUT2D eigenvalue weighted by Gasteiger charge is 2.41. The molecule has 1 fully saturated rings. The first kappa shape index (κ1) is 15.5. The van der Waals surface area contributed by atoms with Crippen molar-refractivity contribution < 1.29 is 18.7 Å². The van der Waals surface area contributed by atoms with Crippen LogP contribution in [-0.4, -0.2) is 36.8 Å². The van der Waals surface area contributed by atoms with E-state index < -0.39 is 12.1 Å². The van der Waals surface area contributed by atoms with Gasteiger partial charge in [0.05, 0.1) is 18.7 Å². The molecule has 2 heterocycles. The molecule has 0 bridgehead atoms. The van der Waals surface area contributed by atoms with Gasteiger partial charge in [0, 0.05) is 17.5 Å². The highest BCUT2D eigenvalue weighted by molar-refractivity contribution is 5.86. The highest BCUT2D eigenvalue weighted by Crippen LogP contribution is 2.29. The first-order valence-electron chi connectivity index (χ1n) is 7.64. The number of carbonyl (C=O) groups is 1. The molecular formula is C17H19FN2O3. The van der Waals surface area contributed by atoms with Crippen molar-refractivity contribution >= 4 is 16.8 Å². The SMILES string of the molecule is CC[C@@H]1[C@H](F)C(=O)N[C@@H]1COc1ccnc2ccc(OC)cc12. The molecule has 0 radical (unpaired) electrons. The Morgan fingerprint density at radius 3 is 2.91 bits per heavy atom. The summed E-state index contributed by atoms with van der Waals surface area (Å²) >= 11 is 0. The van der Waals surface area contributed by atoms with E-state index in [1.807, 2.05) is 25.1 Å². The number of hydrogen-bond donors (Lipinski definition) is 1. The van der Waals surface area contributed by atoms with Crippen molar-refractivity contribution in [2.24, 2.45) is 5.92 Å². The minimum atomic E-state index is -1.46. The number of ether oxygens (including phenoxy) is 2. The Balaban J connectivity index is 1.80. The van der Waals surface area contributed by atoms with E-state index in [0.29, 0.717) is 17.9 Å². The van der Waals surface area contributed by atoms with E-state index in [1.165, 1.54) is 0 Å². The average molecular weight is 318 g/mol. The zero-order chi connectivity index (χ0) is 16.4. The highest BCUT2D eigenvalue weighted by atomic mass is 19.1. The Morgan fingerprint density at radius 1 is 1.35 bits per heavy atom. The number of nitrogens with zero attached hydrogens (tertiary/aromatic N) is 1. The second kappa shape index (κ2) is 6.40. The number of alkyl halides is 1. The van der Waals surface area contributed by atoms with Crippen LogP contribution in [0.4, 0.5) is 4.39 Å². The second-order valence-electron chi connectivity index (χ2n) is 5.59. The number of amides is 1. The van der Waals surface area contributed by atoms with Crippen molar-refractivity contribution in [1.29, 1.82) is 0 Å². The average Bonchev–Trinajstić information content (AvgIpc) is 2.86. The summed E-state index contributed by atoms with van der Waals surface area (Å²) in [6.07, 6.45) is 0.786. The van der Waals surface area contributed by atoms with Crippen molar-refractivity contribution in [1.82, 2.24) is 10.3 Å². The number of rotatable bonds is 5. The molecule has 2 aromatic rings. The lowest BCUT2D eigenvalue weighted by Crippen LogP contribution is -2.34. The molecule has 0 spiro atoms. The predicted molar refractivity (Wildman–Crippen MR) is 84.4 cm³/mol. The molecule has 0 saturated carbocycles. The Labute approximate surface area is 133 Å². The third-order valence-corrected chi connectivity index (χ3v) is 4.27. The largest absolute Gasteiger partial charge is 0.497 e. The number of aromatic nitrogens is 1. The lowest BCUT2D eigenvalue weighted by molar-refractivity contribution is -0.123. The fourth-order valence-corrected chi connectivity index (χ4v) is 2.96. The third-order valence-electron chi connectivity index (χ3n) is 4.27. The van der Waals surface area contributed by atoms with Crippen LogP contribution in [0.25, 0.3) is 10.9 Å². The molecule has 1 saturated heterocycles. The van der Waals surface area contributed by atoms with Gasteiger partial charge in [-0.3, -0.25) is 9.78 Å². The van der Waals surface area contributed by atoms with E-state index in [4.69, 9.17) is 9.47 Å². The molecule has 1 aromatic heterocycles. The molecule has 3 atom stereocenters. The lowest BCUT2D eigenvalue weighted by Gasteiger charge is -2.19. The van der Waals surface area contributed by atoms with Gasteiger partial charge in [-0.05, 0) is 30.7 Å². The summed E-state index contributed by atoms with van der Waals surface area (Å²) in [5.74, 6) is 0.442. The fourth-order valence-electron chi connectivity index (χ4n) is 2.96. The van der Waals surface area contributed by atoms with Crippen LogP contribution in [0, 0.1) is 5.92 Å². The summed E-state index contributed by atoms with van der Waals surface area (Å²) in [7, 11) is 1.60. The van der Waals surface area contributed by atoms with Crippen LogP contribution in [0.15, 0.2) is 30.5 Å². The van der Waals surface area contributed by atoms with E-state index in [1.54, 1.807) is 19.4 Å². The number of methoxy groups -OCH3 is 1. The molecule has 5 nitrogen and oxygen atoms in total. The van der Waals surface area contributed by atoms with E-state index in [-0.39, 0.29) is 18.6 Å². The molecule has 0 aliphatic carbocycles. The van der Waals surface area contributed by atoms with Crippen LogP contribution in [0.2, 0.25) is 0 Å². The summed E-state index contributed by atoms with van der Waals surface area (Å²) in [6, 6.07) is 6.96. The van der Waals surface area contributed by atoms with Gasteiger partial charge in [0.2, 0.25) is 0 Å². The van der Waals surface area contributed by atoms with Crippen molar-refractivity contribution in [3.8, 4) is 11.5 Å². The standard InChI is InChI=1S/C17H19FN2O3/c1-3-11-14(20-17(21)16(11)18)9-23-15-6-7-19-13-5-4-10(22-2)8-12(13)15/h4-8,11,14,16H,3,9H2,1-2H3,(H,20,21)/t11-,14+,16-/m0/s1. The number of benzene rings is 1. The van der Waals surface area contributed by atoms with Gasteiger partial charge in [-0.2, -0.15) is 0 Å². The minimum Gasteiger partial charge on any atom is -0.497 e. The second-order valence-corrected chi connectivity index (χ2v) is 5.59. The van der Waals surface area contributed by atoms with E-state index in [9.17, 15) is 9.18 Å². The lowest BCUT2D eigenvalue weighted by atomic mass is 9.97. The molecule has 6 heteroatoms. The van der Waals surface area contributed by atoms with Gasteiger partial charge in [-0.15, -0.1) is 0 Å². The first-order valence-corrected chi connectivity index (χ1v) is 7.64. The van der Waals surface area contributed by atoms with Crippen LogP contribution in [0.3, 0.4) is 0 Å². The van der Waals surface area contributed by atoms with Gasteiger partial charge in [-0.1, -0.05) is 6.92 Å². The topological polar surface area (TPSA) is 60.5 Å². The van der Waals surface area contributed by atoms with Crippen molar-refractivity contribution in [2.45, 2.75) is 25.6 Å². The van der Waals surface area contributed by atoms with Crippen LogP contribution in [0.1, 0.15) is 13.3 Å². The number of fused-ring (bicyclic) bond motifs is 1. The Hall–Kier alpha value is -2.37. The zero-order valence-corrected chi connectivity index (χ0v) is 13.1. The molecule has 3 rings (SSSR count). The maximum absolute atomic E-state index is 13.8. The van der Waals surface area contributed by atoms with E-state index in [0.717, 1.165) is 10.9 Å². The summed E-state index contributed by atoms with van der Waals surface area (Å²) < 4.78 is 24.9. The number of carbonyl (C=O) groups excluding carboxylic acids is 1. The molecular weight excluding hydrogens is 299 g/mol. The van der Waals surface area contributed by atoms with Crippen molar-refractivity contribution in [2.75, 3.05) is 13.7 Å². The summed E-state index contributed by atoms with van der Waals surface area (Å²) in [4.78, 5) is 15.8. The molecule has 122 valence electrons. The minimum absolute atomic E-state index is 0.223. The monoisotopic (exact) mass is 318 g/mol. The normalized spacial score (nSPS) is 23.8. The Morgan fingerprint density at radius 2 is 2.17 bits per heavy atom. The zero-order valence-electron chi connectivity index (χ0n) is 13.1. The molecule has 1 N–H and O–H groups in total. The van der Waals surface area contributed by atoms with Crippen LogP contribution in [0.5, 0.6) is 11.5 Å². The predicted octanol–water partition coefficient (Wildman–Crippen LogP) is 2.48. The van der Waals surface area contributed by atoms with Gasteiger partial charge in [0.1, 0.15) is 18.1 Å². The quantitative estimate of drug-likeness (QED) is 0.920. The molecule has 1 aliphatic rings. The smallest absolute Gasteiger partial charge is 0.255 e. The molecule has 1 amide bonds. The number of hydrogen-bond acceptors (Lipinski definition) is 4. The van der Waals surface area contributed by atoms with Crippen LogP contribution >= 0.6 is 0 Å². The van der Waals surface area contributed by atoms with Gasteiger partial charge >= 0.3 is 0 Å². The van der Waals surface area contributed by atoms with Crippen molar-refractivity contribution in [3.05, 3.63) is 30.5 Å². The molecule has 0 unspecified atom stereocenters. The molecule has 1 aliphatic heterocycles. The van der Waals surface area contributed by atoms with Gasteiger partial charge in [0.25, 0.3) is 5.91 Å². The molecule has 23 heavy (non-hydrogen) atoms. The Bertz CT molecular complexity index is 722. The van der Waals surface area contributed by atoms with Crippen LogP contribution in [-0.2, 0) is 4.79 Å². The van der Waals surface area contributed by atoms with Crippen LogP contribution < -0.4 is 14.8 Å². The van der Waals surface area contributed by atoms with Gasteiger partial charge < -0.3 is 14.8 Å². The molecule has 1 aromatic carbocycles. The number of halogens is 1. The maximum atomic E-state index is 13.8. The first-order chi connectivity index (χ1) is 11.1. The third kappa shape index (κ3) is 2.93. The van der Waals surface area contributed by atoms with Crippen molar-refractivity contribution in [3.63, 3.8) is 0 Å². The summed E-state index contributed by atoms with van der Waals surface area (Å²) in [6.45, 7) is 2.10. The summed E-state index contributed by atoms with van der Waals surface area (Å²) in [5.41, 5.74) is 0.786. The Kier molecular flexibility index (Phi) is 4.32. The summed E-state index contributed by atoms with van der Waals surface area (Å²) in [5, 5.41) is 3.49. The van der Waals surface area contributed by atoms with Gasteiger partial charge in [0.15, 0.2) is 6.17 Å². The fraction of sp³-hybridized carbons (Fsp3) is 0.412. The maximum Gasteiger partial charge on any atom is 0.255 e. The van der Waals surface area contributed by atoms with E-state index in [2.05, 4.69) is 10.3 Å². The number of pyridine rings is 1. The number of nitrogens with one attached hydrogen (secondary N) is 1. The van der Waals surface area contributed by atoms with E-state index >= 15 is 0 Å².